The maximum atomic E-state index is 9.19. The molecular weight excluding hydrogens is 432 g/mol. The van der Waals surface area contributed by atoms with E-state index in [4.69, 9.17) is 0 Å². The third kappa shape index (κ3) is 5.27. The number of aliphatic hydroxyl groups is 1. The van der Waals surface area contributed by atoms with Gasteiger partial charge in [-0.1, -0.05) is 113 Å². The zero-order valence-corrected chi connectivity index (χ0v) is 19.1. The van der Waals surface area contributed by atoms with Gasteiger partial charge < -0.3 is 5.11 Å². The number of alkyl halides is 1. The van der Waals surface area contributed by atoms with Gasteiger partial charge in [0.05, 0.1) is 6.61 Å². The first kappa shape index (κ1) is 22.0. The summed E-state index contributed by atoms with van der Waals surface area (Å²) >= 11 is 3.52. The van der Waals surface area contributed by atoms with E-state index in [0.29, 0.717) is 0 Å². The molecule has 0 bridgehead atoms. The molecule has 4 aromatic carbocycles. The Kier molecular flexibility index (Phi) is 8.01. The van der Waals surface area contributed by atoms with E-state index in [1.54, 1.807) is 0 Å². The summed E-state index contributed by atoms with van der Waals surface area (Å²) in [5.74, 6) is 0. The fourth-order valence-electron chi connectivity index (χ4n) is 3.54. The predicted octanol–water partition coefficient (Wildman–Crippen LogP) is 7.71. The second kappa shape index (κ2) is 10.9. The van der Waals surface area contributed by atoms with E-state index < -0.39 is 0 Å². The molecule has 0 saturated heterocycles. The third-order valence-corrected chi connectivity index (χ3v) is 5.98. The SMILES string of the molecule is Cc1c(CBr)cccc1-c1ccccc1.Cc1c(CO)cccc1-c1ccccc1. The van der Waals surface area contributed by atoms with Gasteiger partial charge in [0.1, 0.15) is 0 Å². The Bertz CT molecular complexity index is 983. The van der Waals surface area contributed by atoms with Crippen LogP contribution in [0.25, 0.3) is 22.3 Å². The predicted molar refractivity (Wildman–Crippen MR) is 132 cm³/mol. The summed E-state index contributed by atoms with van der Waals surface area (Å²) in [7, 11) is 0. The van der Waals surface area contributed by atoms with Crippen molar-refractivity contribution in [1.29, 1.82) is 0 Å². The minimum absolute atomic E-state index is 0.104. The van der Waals surface area contributed by atoms with Crippen molar-refractivity contribution in [2.45, 2.75) is 25.8 Å². The topological polar surface area (TPSA) is 20.2 Å². The molecule has 0 aliphatic carbocycles. The van der Waals surface area contributed by atoms with Gasteiger partial charge >= 0.3 is 0 Å². The first-order chi connectivity index (χ1) is 14.7. The molecule has 1 N–H and O–H groups in total. The highest BCUT2D eigenvalue weighted by Gasteiger charge is 2.05. The Balaban J connectivity index is 0.000000171. The Labute approximate surface area is 188 Å². The van der Waals surface area contributed by atoms with Crippen molar-refractivity contribution in [2.75, 3.05) is 0 Å². The summed E-state index contributed by atoms with van der Waals surface area (Å²) in [6.45, 7) is 4.33. The molecule has 0 spiro atoms. The van der Waals surface area contributed by atoms with Crippen LogP contribution in [0.4, 0.5) is 0 Å². The number of aliphatic hydroxyl groups excluding tert-OH is 1. The molecule has 0 amide bonds. The van der Waals surface area contributed by atoms with Crippen LogP contribution < -0.4 is 0 Å². The first-order valence-electron chi connectivity index (χ1n) is 10.1. The minimum atomic E-state index is 0.104. The van der Waals surface area contributed by atoms with Gasteiger partial charge in [-0.25, -0.2) is 0 Å². The largest absolute Gasteiger partial charge is 0.392 e. The quantitative estimate of drug-likeness (QED) is 0.310. The van der Waals surface area contributed by atoms with E-state index in [0.717, 1.165) is 16.5 Å². The maximum absolute atomic E-state index is 9.19. The zero-order chi connectivity index (χ0) is 21.3. The van der Waals surface area contributed by atoms with E-state index in [-0.39, 0.29) is 6.61 Å². The molecule has 1 nitrogen and oxygen atoms in total. The van der Waals surface area contributed by atoms with E-state index in [1.807, 2.05) is 43.3 Å². The van der Waals surface area contributed by atoms with Crippen molar-refractivity contribution in [3.63, 3.8) is 0 Å². The van der Waals surface area contributed by atoms with Gasteiger partial charge in [0.2, 0.25) is 0 Å². The highest BCUT2D eigenvalue weighted by molar-refractivity contribution is 9.08. The van der Waals surface area contributed by atoms with Gasteiger partial charge in [-0.05, 0) is 58.4 Å². The standard InChI is InChI=1S/C14H13Br.C14H14O/c2*1-11-13(10-15)8-5-9-14(11)12-6-3-2-4-7-12/h2-9H,10H2,1H3;2-9,15H,10H2,1H3. The average Bonchev–Trinajstić information content (AvgIpc) is 2.81. The lowest BCUT2D eigenvalue weighted by Crippen LogP contribution is -1.91. The van der Waals surface area contributed by atoms with Gasteiger partial charge in [0.25, 0.3) is 0 Å². The number of hydrogen-bond acceptors (Lipinski definition) is 1. The molecule has 0 saturated carbocycles. The summed E-state index contributed by atoms with van der Waals surface area (Å²) in [5, 5.41) is 10.1. The van der Waals surface area contributed by atoms with Crippen LogP contribution in [0.5, 0.6) is 0 Å². The van der Waals surface area contributed by atoms with Crippen LogP contribution in [0.1, 0.15) is 22.3 Å². The molecule has 0 fully saturated rings. The second-order valence-corrected chi connectivity index (χ2v) is 7.76. The molecule has 0 aliphatic heterocycles. The third-order valence-electron chi connectivity index (χ3n) is 5.38. The fraction of sp³-hybridized carbons (Fsp3) is 0.143. The normalized spacial score (nSPS) is 10.3. The molecule has 4 rings (SSSR count). The summed E-state index contributed by atoms with van der Waals surface area (Å²) in [6.07, 6.45) is 0. The zero-order valence-electron chi connectivity index (χ0n) is 17.5. The Hall–Kier alpha value is -2.68. The summed E-state index contributed by atoms with van der Waals surface area (Å²) in [4.78, 5) is 0. The highest BCUT2D eigenvalue weighted by Crippen LogP contribution is 2.27. The lowest BCUT2D eigenvalue weighted by molar-refractivity contribution is 0.281. The van der Waals surface area contributed by atoms with E-state index in [9.17, 15) is 5.11 Å². The molecule has 0 aliphatic rings. The number of hydrogen-bond donors (Lipinski definition) is 1. The number of rotatable bonds is 4. The van der Waals surface area contributed by atoms with Gasteiger partial charge in [-0.15, -0.1) is 0 Å². The Morgan fingerprint density at radius 2 is 1.00 bits per heavy atom. The smallest absolute Gasteiger partial charge is 0.0684 e. The number of halogens is 1. The van der Waals surface area contributed by atoms with E-state index >= 15 is 0 Å². The van der Waals surface area contributed by atoms with Crippen LogP contribution in [0.3, 0.4) is 0 Å². The van der Waals surface area contributed by atoms with Crippen LogP contribution in [-0.4, -0.2) is 5.11 Å². The van der Waals surface area contributed by atoms with Crippen molar-refractivity contribution in [3.05, 3.63) is 119 Å². The van der Waals surface area contributed by atoms with E-state index in [2.05, 4.69) is 83.5 Å². The van der Waals surface area contributed by atoms with Crippen molar-refractivity contribution in [2.24, 2.45) is 0 Å². The van der Waals surface area contributed by atoms with Gasteiger partial charge in [-0.3, -0.25) is 0 Å². The first-order valence-corrected chi connectivity index (χ1v) is 11.2. The summed E-state index contributed by atoms with van der Waals surface area (Å²) in [5.41, 5.74) is 9.89. The van der Waals surface area contributed by atoms with Crippen LogP contribution >= 0.6 is 15.9 Å². The highest BCUT2D eigenvalue weighted by atomic mass is 79.9. The maximum Gasteiger partial charge on any atom is 0.0684 e. The van der Waals surface area contributed by atoms with Gasteiger partial charge in [0, 0.05) is 5.33 Å². The molecule has 30 heavy (non-hydrogen) atoms. The fourth-order valence-corrected chi connectivity index (χ4v) is 4.15. The Morgan fingerprint density at radius 3 is 1.43 bits per heavy atom. The van der Waals surface area contributed by atoms with Gasteiger partial charge in [-0.2, -0.15) is 0 Å². The van der Waals surface area contributed by atoms with Crippen LogP contribution in [0, 0.1) is 13.8 Å². The molecule has 2 heteroatoms. The molecule has 152 valence electrons. The molecule has 4 aromatic rings. The van der Waals surface area contributed by atoms with Crippen molar-refractivity contribution < 1.29 is 5.11 Å². The molecule has 0 radical (unpaired) electrons. The molecule has 0 unspecified atom stereocenters. The molecule has 0 atom stereocenters. The monoisotopic (exact) mass is 458 g/mol. The minimum Gasteiger partial charge on any atom is -0.392 e. The van der Waals surface area contributed by atoms with Crippen LogP contribution in [0.15, 0.2) is 97.1 Å². The van der Waals surface area contributed by atoms with Crippen LogP contribution in [0.2, 0.25) is 0 Å². The van der Waals surface area contributed by atoms with Crippen molar-refractivity contribution in [1.82, 2.24) is 0 Å². The van der Waals surface area contributed by atoms with Crippen molar-refractivity contribution in [3.8, 4) is 22.3 Å². The second-order valence-electron chi connectivity index (χ2n) is 7.20. The lowest BCUT2D eigenvalue weighted by atomic mass is 9.97. The Morgan fingerprint density at radius 1 is 0.567 bits per heavy atom. The number of benzene rings is 4. The summed E-state index contributed by atoms with van der Waals surface area (Å²) in [6, 6.07) is 33.2. The summed E-state index contributed by atoms with van der Waals surface area (Å²) < 4.78 is 0. The molecule has 0 aromatic heterocycles. The van der Waals surface area contributed by atoms with Crippen LogP contribution in [-0.2, 0) is 11.9 Å². The molecular formula is C28H27BrO. The lowest BCUT2D eigenvalue weighted by Gasteiger charge is -2.09. The van der Waals surface area contributed by atoms with Gasteiger partial charge in [0.15, 0.2) is 0 Å². The van der Waals surface area contributed by atoms with Crippen molar-refractivity contribution >= 4 is 15.9 Å². The van der Waals surface area contributed by atoms with E-state index in [1.165, 1.54) is 33.4 Å². The molecule has 0 heterocycles. The average molecular weight is 459 g/mol.